The van der Waals surface area contributed by atoms with Crippen molar-refractivity contribution >= 4 is 5.91 Å². The van der Waals surface area contributed by atoms with Crippen LogP contribution < -0.4 is 4.74 Å². The van der Waals surface area contributed by atoms with Crippen LogP contribution in [-0.4, -0.2) is 61.2 Å². The highest BCUT2D eigenvalue weighted by Crippen LogP contribution is 2.25. The van der Waals surface area contributed by atoms with E-state index in [2.05, 4.69) is 0 Å². The molecule has 2 rings (SSSR count). The number of hydrogen-bond donors (Lipinski definition) is 0. The molecule has 1 fully saturated rings. The lowest BCUT2D eigenvalue weighted by Crippen LogP contribution is -2.40. The molecule has 8 heteroatoms. The first-order valence-electron chi connectivity index (χ1n) is 8.15. The summed E-state index contributed by atoms with van der Waals surface area (Å²) in [7, 11) is 1.40. The number of hydrogen-bond acceptors (Lipinski definition) is 3. The van der Waals surface area contributed by atoms with Gasteiger partial charge in [-0.1, -0.05) is 0 Å². The van der Waals surface area contributed by atoms with Crippen LogP contribution >= 0.6 is 0 Å². The molecule has 1 atom stereocenters. The van der Waals surface area contributed by atoms with E-state index < -0.39 is 30.4 Å². The molecule has 0 aromatic heterocycles. The smallest absolute Gasteiger partial charge is 0.390 e. The maximum atomic E-state index is 14.1. The number of carbonyl (C=O) groups is 1. The van der Waals surface area contributed by atoms with Crippen molar-refractivity contribution in [3.05, 3.63) is 29.6 Å². The van der Waals surface area contributed by atoms with Crippen molar-refractivity contribution in [1.29, 1.82) is 0 Å². The van der Waals surface area contributed by atoms with Crippen LogP contribution in [0.3, 0.4) is 0 Å². The SMILES string of the molecule is COc1ccc(C(=O)N2CCCN(C(C)CC(F)(F)F)CC2)c(F)c1. The van der Waals surface area contributed by atoms with Crippen molar-refractivity contribution in [3.8, 4) is 5.75 Å². The molecule has 1 saturated heterocycles. The predicted octanol–water partition coefficient (Wildman–Crippen LogP) is 3.32. The van der Waals surface area contributed by atoms with E-state index >= 15 is 0 Å². The van der Waals surface area contributed by atoms with E-state index in [0.29, 0.717) is 31.8 Å². The minimum absolute atomic E-state index is 0.0578. The topological polar surface area (TPSA) is 32.8 Å². The van der Waals surface area contributed by atoms with Crippen molar-refractivity contribution < 1.29 is 27.1 Å². The molecule has 1 heterocycles. The Labute approximate surface area is 144 Å². The summed E-state index contributed by atoms with van der Waals surface area (Å²) in [4.78, 5) is 15.7. The minimum atomic E-state index is -4.21. The van der Waals surface area contributed by atoms with Gasteiger partial charge >= 0.3 is 6.18 Å². The van der Waals surface area contributed by atoms with Gasteiger partial charge in [0.05, 0.1) is 19.1 Å². The van der Waals surface area contributed by atoms with Gasteiger partial charge in [0.1, 0.15) is 11.6 Å². The van der Waals surface area contributed by atoms with E-state index in [-0.39, 0.29) is 12.1 Å². The summed E-state index contributed by atoms with van der Waals surface area (Å²) in [5.74, 6) is -0.807. The zero-order valence-corrected chi connectivity index (χ0v) is 14.3. The highest BCUT2D eigenvalue weighted by molar-refractivity contribution is 5.94. The summed E-state index contributed by atoms with van der Waals surface area (Å²) < 4.78 is 56.6. The highest BCUT2D eigenvalue weighted by atomic mass is 19.4. The lowest BCUT2D eigenvalue weighted by Gasteiger charge is -2.28. The van der Waals surface area contributed by atoms with E-state index in [4.69, 9.17) is 4.74 Å². The average Bonchev–Trinajstić information content (AvgIpc) is 2.78. The van der Waals surface area contributed by atoms with Crippen LogP contribution in [-0.2, 0) is 0 Å². The molecule has 1 aromatic carbocycles. The largest absolute Gasteiger partial charge is 0.497 e. The van der Waals surface area contributed by atoms with E-state index in [0.717, 1.165) is 6.07 Å². The second kappa shape index (κ2) is 8.03. The predicted molar refractivity (Wildman–Crippen MR) is 85.2 cm³/mol. The monoisotopic (exact) mass is 362 g/mol. The Bertz CT molecular complexity index is 607. The van der Waals surface area contributed by atoms with Crippen LogP contribution in [0.15, 0.2) is 18.2 Å². The van der Waals surface area contributed by atoms with Gasteiger partial charge in [-0.3, -0.25) is 9.69 Å². The zero-order valence-electron chi connectivity index (χ0n) is 14.3. The molecule has 25 heavy (non-hydrogen) atoms. The lowest BCUT2D eigenvalue weighted by atomic mass is 10.1. The molecule has 1 amide bonds. The summed E-state index contributed by atoms with van der Waals surface area (Å²) in [6, 6.07) is 3.37. The molecule has 1 aromatic rings. The number of benzene rings is 1. The first kappa shape index (κ1) is 19.5. The summed E-state index contributed by atoms with van der Waals surface area (Å²) in [6.45, 7) is 3.01. The summed E-state index contributed by atoms with van der Waals surface area (Å²) in [6.07, 6.45) is -4.55. The number of nitrogens with zero attached hydrogens (tertiary/aromatic N) is 2. The average molecular weight is 362 g/mol. The van der Waals surface area contributed by atoms with Gasteiger partial charge in [0.25, 0.3) is 5.91 Å². The maximum absolute atomic E-state index is 14.1. The highest BCUT2D eigenvalue weighted by Gasteiger charge is 2.33. The molecule has 0 spiro atoms. The fourth-order valence-electron chi connectivity index (χ4n) is 3.01. The standard InChI is InChI=1S/C17H22F4N2O2/c1-12(11-17(19,20)21)22-6-3-7-23(9-8-22)16(24)14-5-4-13(25-2)10-15(14)18/h4-5,10,12H,3,6-9,11H2,1-2H3. The van der Waals surface area contributed by atoms with Crippen molar-refractivity contribution in [2.24, 2.45) is 0 Å². The van der Waals surface area contributed by atoms with E-state index in [1.54, 1.807) is 4.90 Å². The van der Waals surface area contributed by atoms with Crippen LogP contribution in [0.1, 0.15) is 30.1 Å². The quantitative estimate of drug-likeness (QED) is 0.771. The fraction of sp³-hybridized carbons (Fsp3) is 0.588. The first-order valence-corrected chi connectivity index (χ1v) is 8.15. The number of ether oxygens (including phenoxy) is 1. The molecule has 0 saturated carbocycles. The Morgan fingerprint density at radius 1 is 1.24 bits per heavy atom. The summed E-state index contributed by atoms with van der Waals surface area (Å²) in [5, 5.41) is 0. The third-order valence-electron chi connectivity index (χ3n) is 4.37. The van der Waals surface area contributed by atoms with Crippen molar-refractivity contribution in [3.63, 3.8) is 0 Å². The molecular weight excluding hydrogens is 340 g/mol. The molecule has 0 radical (unpaired) electrons. The molecule has 1 aliphatic rings. The van der Waals surface area contributed by atoms with Crippen LogP contribution in [0.4, 0.5) is 17.6 Å². The molecule has 0 N–H and O–H groups in total. The second-order valence-corrected chi connectivity index (χ2v) is 6.20. The normalized spacial score (nSPS) is 17.9. The van der Waals surface area contributed by atoms with Crippen LogP contribution in [0.25, 0.3) is 0 Å². The van der Waals surface area contributed by atoms with Crippen LogP contribution in [0.2, 0.25) is 0 Å². The molecule has 4 nitrogen and oxygen atoms in total. The van der Waals surface area contributed by atoms with E-state index in [1.807, 2.05) is 0 Å². The van der Waals surface area contributed by atoms with Gasteiger partial charge in [-0.2, -0.15) is 13.2 Å². The van der Waals surface area contributed by atoms with E-state index in [1.165, 1.54) is 31.1 Å². The Morgan fingerprint density at radius 2 is 1.96 bits per heavy atom. The second-order valence-electron chi connectivity index (χ2n) is 6.20. The molecule has 0 bridgehead atoms. The van der Waals surface area contributed by atoms with Gasteiger partial charge in [0.2, 0.25) is 0 Å². The Hall–Kier alpha value is -1.83. The number of alkyl halides is 3. The minimum Gasteiger partial charge on any atom is -0.497 e. The van der Waals surface area contributed by atoms with Gasteiger partial charge < -0.3 is 9.64 Å². The van der Waals surface area contributed by atoms with Crippen LogP contribution in [0.5, 0.6) is 5.75 Å². The van der Waals surface area contributed by atoms with Gasteiger partial charge in [-0.15, -0.1) is 0 Å². The van der Waals surface area contributed by atoms with Gasteiger partial charge in [0, 0.05) is 38.3 Å². The number of carbonyl (C=O) groups excluding carboxylic acids is 1. The van der Waals surface area contributed by atoms with E-state index in [9.17, 15) is 22.4 Å². The van der Waals surface area contributed by atoms with Gasteiger partial charge in [-0.05, 0) is 25.5 Å². The van der Waals surface area contributed by atoms with Crippen LogP contribution in [0, 0.1) is 5.82 Å². The number of methoxy groups -OCH3 is 1. The Morgan fingerprint density at radius 3 is 2.56 bits per heavy atom. The van der Waals surface area contributed by atoms with Crippen molar-refractivity contribution in [2.45, 2.75) is 32.0 Å². The zero-order chi connectivity index (χ0) is 18.6. The van der Waals surface area contributed by atoms with Gasteiger partial charge in [-0.25, -0.2) is 4.39 Å². The Balaban J connectivity index is 2.01. The first-order chi connectivity index (χ1) is 11.7. The van der Waals surface area contributed by atoms with Gasteiger partial charge in [0.15, 0.2) is 0 Å². The summed E-state index contributed by atoms with van der Waals surface area (Å²) >= 11 is 0. The molecular formula is C17H22F4N2O2. The lowest BCUT2D eigenvalue weighted by molar-refractivity contribution is -0.145. The number of halogens is 4. The third-order valence-corrected chi connectivity index (χ3v) is 4.37. The number of rotatable bonds is 4. The van der Waals surface area contributed by atoms with Crippen molar-refractivity contribution in [2.75, 3.05) is 33.3 Å². The summed E-state index contributed by atoms with van der Waals surface area (Å²) in [5.41, 5.74) is -0.0578. The fourth-order valence-corrected chi connectivity index (χ4v) is 3.01. The molecule has 140 valence electrons. The third kappa shape index (κ3) is 5.32. The molecule has 0 aliphatic carbocycles. The van der Waals surface area contributed by atoms with Crippen molar-refractivity contribution in [1.82, 2.24) is 9.80 Å². The molecule has 1 aliphatic heterocycles. The number of amides is 1. The molecule has 1 unspecified atom stereocenters. The maximum Gasteiger partial charge on any atom is 0.390 e. The Kier molecular flexibility index (Phi) is 6.26.